The maximum Gasteiger partial charge on any atom is 0.270 e. The van der Waals surface area contributed by atoms with Crippen molar-refractivity contribution in [2.75, 3.05) is 20.3 Å². The molecule has 130 valence electrons. The summed E-state index contributed by atoms with van der Waals surface area (Å²) in [5, 5.41) is 10.3. The van der Waals surface area contributed by atoms with Crippen LogP contribution in [0, 0.1) is 0 Å². The minimum atomic E-state index is -0.112. The Hall–Kier alpha value is -2.79. The smallest absolute Gasteiger partial charge is 0.270 e. The molecule has 0 spiro atoms. The summed E-state index contributed by atoms with van der Waals surface area (Å²) < 4.78 is 7.27. The van der Waals surface area contributed by atoms with Crippen LogP contribution in [0.15, 0.2) is 54.6 Å². The zero-order valence-electron chi connectivity index (χ0n) is 14.5. The number of aliphatic hydroxyl groups is 1. The zero-order chi connectivity index (χ0) is 17.8. The molecule has 0 aliphatic carbocycles. The standard InChI is InChI=1S/C20H22N2O3/c1-21-17-9-6-10-19(25-2)16(17)13-18(21)20(24)22(11-12-23)14-15-7-4-3-5-8-15/h3-10,13,23H,11-12,14H2,1-2H3. The lowest BCUT2D eigenvalue weighted by atomic mass is 10.2. The molecule has 5 nitrogen and oxygen atoms in total. The van der Waals surface area contributed by atoms with Crippen molar-refractivity contribution in [3.8, 4) is 5.75 Å². The predicted molar refractivity (Wildman–Crippen MR) is 97.7 cm³/mol. The third kappa shape index (κ3) is 3.37. The number of nitrogens with zero attached hydrogens (tertiary/aromatic N) is 2. The van der Waals surface area contributed by atoms with Crippen molar-refractivity contribution in [2.24, 2.45) is 7.05 Å². The normalized spacial score (nSPS) is 10.8. The molecule has 2 aromatic carbocycles. The van der Waals surface area contributed by atoms with Gasteiger partial charge in [0.1, 0.15) is 11.4 Å². The zero-order valence-corrected chi connectivity index (χ0v) is 14.5. The molecular weight excluding hydrogens is 316 g/mol. The van der Waals surface area contributed by atoms with Crippen molar-refractivity contribution in [1.29, 1.82) is 0 Å². The number of fused-ring (bicyclic) bond motifs is 1. The van der Waals surface area contributed by atoms with Crippen molar-refractivity contribution in [3.05, 3.63) is 65.9 Å². The Morgan fingerprint density at radius 1 is 1.16 bits per heavy atom. The molecule has 25 heavy (non-hydrogen) atoms. The third-order valence-electron chi connectivity index (χ3n) is 4.36. The highest BCUT2D eigenvalue weighted by Crippen LogP contribution is 2.28. The highest BCUT2D eigenvalue weighted by Gasteiger charge is 2.21. The molecule has 0 aliphatic heterocycles. The lowest BCUT2D eigenvalue weighted by Crippen LogP contribution is -2.34. The van der Waals surface area contributed by atoms with E-state index in [4.69, 9.17) is 4.74 Å². The second kappa shape index (κ2) is 7.40. The van der Waals surface area contributed by atoms with Crippen LogP contribution < -0.4 is 4.74 Å². The topological polar surface area (TPSA) is 54.7 Å². The number of aromatic nitrogens is 1. The van der Waals surface area contributed by atoms with E-state index in [9.17, 15) is 9.90 Å². The van der Waals surface area contributed by atoms with Gasteiger partial charge in [0.2, 0.25) is 0 Å². The largest absolute Gasteiger partial charge is 0.496 e. The van der Waals surface area contributed by atoms with Crippen molar-refractivity contribution in [2.45, 2.75) is 6.54 Å². The first kappa shape index (κ1) is 17.0. The summed E-state index contributed by atoms with van der Waals surface area (Å²) in [5.41, 5.74) is 2.54. The van der Waals surface area contributed by atoms with Gasteiger partial charge < -0.3 is 19.3 Å². The maximum atomic E-state index is 13.1. The lowest BCUT2D eigenvalue weighted by molar-refractivity contribution is 0.0698. The Balaban J connectivity index is 1.97. The van der Waals surface area contributed by atoms with Crippen LogP contribution in [0.2, 0.25) is 0 Å². The van der Waals surface area contributed by atoms with E-state index < -0.39 is 0 Å². The van der Waals surface area contributed by atoms with Crippen LogP contribution in [0.25, 0.3) is 10.9 Å². The lowest BCUT2D eigenvalue weighted by Gasteiger charge is -2.22. The van der Waals surface area contributed by atoms with Crippen molar-refractivity contribution in [1.82, 2.24) is 9.47 Å². The molecule has 0 unspecified atom stereocenters. The number of carbonyl (C=O) groups excluding carboxylic acids is 1. The van der Waals surface area contributed by atoms with Crippen LogP contribution in [0.1, 0.15) is 16.1 Å². The van der Waals surface area contributed by atoms with E-state index in [0.717, 1.165) is 22.2 Å². The number of benzene rings is 2. The molecule has 5 heteroatoms. The van der Waals surface area contributed by atoms with Gasteiger partial charge in [-0.1, -0.05) is 36.4 Å². The molecular formula is C20H22N2O3. The Labute approximate surface area is 147 Å². The fourth-order valence-electron chi connectivity index (χ4n) is 3.06. The number of aliphatic hydroxyl groups excluding tert-OH is 1. The first-order chi connectivity index (χ1) is 12.2. The minimum absolute atomic E-state index is 0.0775. The van der Waals surface area contributed by atoms with Crippen LogP contribution >= 0.6 is 0 Å². The van der Waals surface area contributed by atoms with Gasteiger partial charge in [-0.25, -0.2) is 0 Å². The third-order valence-corrected chi connectivity index (χ3v) is 4.36. The SMILES string of the molecule is COc1cccc2c1cc(C(=O)N(CCO)Cc1ccccc1)n2C. The van der Waals surface area contributed by atoms with Gasteiger partial charge in [0, 0.05) is 25.5 Å². The molecule has 3 aromatic rings. The van der Waals surface area contributed by atoms with Gasteiger partial charge in [0.15, 0.2) is 0 Å². The summed E-state index contributed by atoms with van der Waals surface area (Å²) >= 11 is 0. The van der Waals surface area contributed by atoms with Crippen molar-refractivity contribution < 1.29 is 14.6 Å². The molecule has 0 saturated carbocycles. The Kier molecular flexibility index (Phi) is 5.05. The van der Waals surface area contributed by atoms with Gasteiger partial charge in [-0.3, -0.25) is 4.79 Å². The fraction of sp³-hybridized carbons (Fsp3) is 0.250. The van der Waals surface area contributed by atoms with Gasteiger partial charge in [-0.2, -0.15) is 0 Å². The Bertz CT molecular complexity index is 871. The average molecular weight is 338 g/mol. The molecule has 1 heterocycles. The fourth-order valence-corrected chi connectivity index (χ4v) is 3.06. The highest BCUT2D eigenvalue weighted by molar-refractivity contribution is 6.00. The summed E-state index contributed by atoms with van der Waals surface area (Å²) in [4.78, 5) is 14.7. The van der Waals surface area contributed by atoms with E-state index in [1.165, 1.54) is 0 Å². The van der Waals surface area contributed by atoms with Crippen LogP contribution in [-0.4, -0.2) is 40.7 Å². The van der Waals surface area contributed by atoms with Gasteiger partial charge in [-0.05, 0) is 23.8 Å². The number of methoxy groups -OCH3 is 1. The van der Waals surface area contributed by atoms with E-state index in [0.29, 0.717) is 12.2 Å². The van der Waals surface area contributed by atoms with E-state index in [-0.39, 0.29) is 19.1 Å². The average Bonchev–Trinajstić information content (AvgIpc) is 2.98. The molecule has 0 atom stereocenters. The van der Waals surface area contributed by atoms with E-state index in [1.54, 1.807) is 12.0 Å². The molecule has 0 radical (unpaired) electrons. The number of carbonyl (C=O) groups is 1. The van der Waals surface area contributed by atoms with E-state index >= 15 is 0 Å². The summed E-state index contributed by atoms with van der Waals surface area (Å²) in [6, 6.07) is 17.4. The van der Waals surface area contributed by atoms with Crippen LogP contribution in [0.5, 0.6) is 5.75 Å². The van der Waals surface area contributed by atoms with E-state index in [1.807, 2.05) is 66.2 Å². The molecule has 1 amide bonds. The second-order valence-corrected chi connectivity index (χ2v) is 5.92. The maximum absolute atomic E-state index is 13.1. The molecule has 0 saturated heterocycles. The molecule has 3 rings (SSSR count). The first-order valence-electron chi connectivity index (χ1n) is 8.22. The summed E-state index contributed by atoms with van der Waals surface area (Å²) in [6.07, 6.45) is 0. The minimum Gasteiger partial charge on any atom is -0.496 e. The predicted octanol–water partition coefficient (Wildman–Crippen LogP) is 2.82. The molecule has 1 aromatic heterocycles. The number of amides is 1. The summed E-state index contributed by atoms with van der Waals surface area (Å²) in [5.74, 6) is 0.627. The van der Waals surface area contributed by atoms with Gasteiger partial charge in [0.25, 0.3) is 5.91 Å². The monoisotopic (exact) mass is 338 g/mol. The van der Waals surface area contributed by atoms with Gasteiger partial charge >= 0.3 is 0 Å². The van der Waals surface area contributed by atoms with Crippen LogP contribution in [0.3, 0.4) is 0 Å². The number of hydrogen-bond acceptors (Lipinski definition) is 3. The summed E-state index contributed by atoms with van der Waals surface area (Å²) in [7, 11) is 3.49. The number of rotatable bonds is 6. The second-order valence-electron chi connectivity index (χ2n) is 5.92. The molecule has 0 bridgehead atoms. The Morgan fingerprint density at radius 2 is 1.92 bits per heavy atom. The first-order valence-corrected chi connectivity index (χ1v) is 8.22. The van der Waals surface area contributed by atoms with Crippen molar-refractivity contribution >= 4 is 16.8 Å². The number of aryl methyl sites for hydroxylation is 1. The van der Waals surface area contributed by atoms with Crippen molar-refractivity contribution in [3.63, 3.8) is 0 Å². The number of ether oxygens (including phenoxy) is 1. The van der Waals surface area contributed by atoms with Crippen LogP contribution in [0.4, 0.5) is 0 Å². The van der Waals surface area contributed by atoms with Gasteiger partial charge in [-0.15, -0.1) is 0 Å². The number of hydrogen-bond donors (Lipinski definition) is 1. The molecule has 0 fully saturated rings. The molecule has 0 aliphatic rings. The van der Waals surface area contributed by atoms with E-state index in [2.05, 4.69) is 0 Å². The highest BCUT2D eigenvalue weighted by atomic mass is 16.5. The van der Waals surface area contributed by atoms with Gasteiger partial charge in [0.05, 0.1) is 19.2 Å². The Morgan fingerprint density at radius 3 is 2.60 bits per heavy atom. The quantitative estimate of drug-likeness (QED) is 0.752. The van der Waals surface area contributed by atoms with Crippen LogP contribution in [-0.2, 0) is 13.6 Å². The summed E-state index contributed by atoms with van der Waals surface area (Å²) in [6.45, 7) is 0.664. The molecule has 1 N–H and O–H groups in total.